The van der Waals surface area contributed by atoms with Gasteiger partial charge in [0.15, 0.2) is 9.47 Å². The lowest BCUT2D eigenvalue weighted by atomic mass is 10.1. The Morgan fingerprint density at radius 3 is 2.62 bits per heavy atom. The van der Waals surface area contributed by atoms with Gasteiger partial charge in [0.2, 0.25) is 5.91 Å². The van der Waals surface area contributed by atoms with Gasteiger partial charge in [-0.1, -0.05) is 52.9 Å². The molecule has 0 aliphatic carbocycles. The molecule has 0 fully saturated rings. The maximum absolute atomic E-state index is 12.3. The second-order valence-corrected chi connectivity index (χ2v) is 8.87. The first-order valence-electron chi connectivity index (χ1n) is 7.31. The van der Waals surface area contributed by atoms with Crippen molar-refractivity contribution in [3.63, 3.8) is 0 Å². The molecule has 3 aromatic rings. The molecule has 1 atom stereocenters. The lowest BCUT2D eigenvalue weighted by Gasteiger charge is -2.07. The minimum Gasteiger partial charge on any atom is -0.301 e. The Kier molecular flexibility index (Phi) is 5.27. The first-order valence-corrected chi connectivity index (χ1v) is 9.89. The molecule has 0 radical (unpaired) electrons. The summed E-state index contributed by atoms with van der Waals surface area (Å²) in [7, 11) is 0. The zero-order valence-corrected chi connectivity index (χ0v) is 15.9. The minimum atomic E-state index is -0.260. The number of rotatable bonds is 5. The number of hydrogen-bond donors (Lipinski definition) is 1. The fourth-order valence-corrected chi connectivity index (χ4v) is 4.61. The van der Waals surface area contributed by atoms with Crippen LogP contribution in [0, 0.1) is 13.8 Å². The van der Waals surface area contributed by atoms with E-state index in [-0.39, 0.29) is 11.2 Å². The van der Waals surface area contributed by atoms with Crippen molar-refractivity contribution in [3.8, 4) is 11.3 Å². The third-order valence-corrected chi connectivity index (χ3v) is 6.02. The maximum Gasteiger partial charge on any atom is 0.239 e. The third kappa shape index (κ3) is 4.19. The Morgan fingerprint density at radius 2 is 1.96 bits per heavy atom. The smallest absolute Gasteiger partial charge is 0.239 e. The van der Waals surface area contributed by atoms with E-state index in [1.54, 1.807) is 0 Å². The number of thiazole rings is 1. The molecule has 0 bridgehead atoms. The van der Waals surface area contributed by atoms with E-state index in [4.69, 9.17) is 0 Å². The van der Waals surface area contributed by atoms with Crippen LogP contribution >= 0.6 is 34.4 Å². The van der Waals surface area contributed by atoms with Crippen LogP contribution in [0.1, 0.15) is 17.5 Å². The number of hydrogen-bond acceptors (Lipinski definition) is 7. The van der Waals surface area contributed by atoms with Gasteiger partial charge in [-0.3, -0.25) is 4.79 Å². The van der Waals surface area contributed by atoms with Gasteiger partial charge in [0.25, 0.3) is 0 Å². The lowest BCUT2D eigenvalue weighted by molar-refractivity contribution is -0.115. The highest BCUT2D eigenvalue weighted by atomic mass is 32.2. The number of benzene rings is 1. The summed E-state index contributed by atoms with van der Waals surface area (Å²) in [5.41, 5.74) is 3.12. The van der Waals surface area contributed by atoms with Crippen molar-refractivity contribution in [3.05, 3.63) is 40.2 Å². The van der Waals surface area contributed by atoms with E-state index < -0.39 is 0 Å². The molecule has 2 aromatic heterocycles. The lowest BCUT2D eigenvalue weighted by Crippen LogP contribution is -2.22. The van der Waals surface area contributed by atoms with Gasteiger partial charge in [-0.15, -0.1) is 21.5 Å². The number of aromatic nitrogens is 3. The highest BCUT2D eigenvalue weighted by molar-refractivity contribution is 8.02. The van der Waals surface area contributed by atoms with Crippen LogP contribution in [0.25, 0.3) is 11.3 Å². The number of amides is 1. The zero-order valence-electron chi connectivity index (χ0n) is 13.4. The average Bonchev–Trinajstić information content (AvgIpc) is 3.17. The Labute approximate surface area is 152 Å². The van der Waals surface area contributed by atoms with Crippen LogP contribution in [0.3, 0.4) is 0 Å². The topological polar surface area (TPSA) is 67.8 Å². The SMILES string of the molecule is Cc1ccc(-c2csc(NC(=O)C(C)Sc3nnc(C)s3)n2)cc1. The minimum absolute atomic E-state index is 0.0855. The molecule has 0 saturated carbocycles. The molecule has 8 heteroatoms. The van der Waals surface area contributed by atoms with Gasteiger partial charge < -0.3 is 5.32 Å². The van der Waals surface area contributed by atoms with E-state index in [0.717, 1.165) is 20.6 Å². The molecule has 1 N–H and O–H groups in total. The zero-order chi connectivity index (χ0) is 17.1. The second kappa shape index (κ2) is 7.42. The number of carbonyl (C=O) groups excluding carboxylic acids is 1. The largest absolute Gasteiger partial charge is 0.301 e. The van der Waals surface area contributed by atoms with Crippen LogP contribution in [0.4, 0.5) is 5.13 Å². The van der Waals surface area contributed by atoms with Gasteiger partial charge >= 0.3 is 0 Å². The monoisotopic (exact) mass is 376 g/mol. The molecule has 1 amide bonds. The third-order valence-electron chi connectivity index (χ3n) is 3.24. The first-order chi connectivity index (χ1) is 11.5. The Balaban J connectivity index is 1.63. The van der Waals surface area contributed by atoms with Gasteiger partial charge in [-0.2, -0.15) is 0 Å². The Bertz CT molecular complexity index is 841. The van der Waals surface area contributed by atoms with Crippen molar-refractivity contribution >= 4 is 45.5 Å². The second-order valence-electron chi connectivity index (χ2n) is 5.24. The molecule has 0 spiro atoms. The molecule has 0 saturated heterocycles. The van der Waals surface area contributed by atoms with Crippen molar-refractivity contribution in [2.24, 2.45) is 0 Å². The summed E-state index contributed by atoms with van der Waals surface area (Å²) < 4.78 is 0.801. The quantitative estimate of drug-likeness (QED) is 0.669. The fraction of sp³-hybridized carbons (Fsp3) is 0.250. The maximum atomic E-state index is 12.3. The van der Waals surface area contributed by atoms with Gasteiger partial charge in [0.1, 0.15) is 5.01 Å². The summed E-state index contributed by atoms with van der Waals surface area (Å²) in [5.74, 6) is -0.0855. The van der Waals surface area contributed by atoms with Crippen LogP contribution in [-0.2, 0) is 4.79 Å². The summed E-state index contributed by atoms with van der Waals surface area (Å²) in [5, 5.41) is 14.1. The highest BCUT2D eigenvalue weighted by Gasteiger charge is 2.18. The van der Waals surface area contributed by atoms with E-state index in [1.807, 2.05) is 31.4 Å². The molecule has 5 nitrogen and oxygen atoms in total. The number of nitrogens with zero attached hydrogens (tertiary/aromatic N) is 3. The van der Waals surface area contributed by atoms with Crippen LogP contribution < -0.4 is 5.32 Å². The molecule has 0 aliphatic rings. The summed E-state index contributed by atoms with van der Waals surface area (Å²) in [6.07, 6.45) is 0. The van der Waals surface area contributed by atoms with Gasteiger partial charge in [-0.05, 0) is 20.8 Å². The summed E-state index contributed by atoms with van der Waals surface area (Å²) >= 11 is 4.32. The van der Waals surface area contributed by atoms with Crippen molar-refractivity contribution in [2.75, 3.05) is 5.32 Å². The highest BCUT2D eigenvalue weighted by Crippen LogP contribution is 2.28. The van der Waals surface area contributed by atoms with Gasteiger partial charge in [0, 0.05) is 10.9 Å². The van der Waals surface area contributed by atoms with Crippen LogP contribution in [0.15, 0.2) is 34.0 Å². The van der Waals surface area contributed by atoms with E-state index in [2.05, 4.69) is 39.6 Å². The van der Waals surface area contributed by atoms with Crippen LogP contribution in [-0.4, -0.2) is 26.3 Å². The normalized spacial score (nSPS) is 12.1. The molecule has 1 aromatic carbocycles. The van der Waals surface area contributed by atoms with E-state index in [9.17, 15) is 4.79 Å². The Morgan fingerprint density at radius 1 is 1.21 bits per heavy atom. The average molecular weight is 377 g/mol. The summed E-state index contributed by atoms with van der Waals surface area (Å²) in [6.45, 7) is 5.80. The molecular weight excluding hydrogens is 360 g/mol. The standard InChI is InChI=1S/C16H16N4OS3/c1-9-4-6-12(7-5-9)13-8-22-15(17-13)18-14(21)10(2)23-16-20-19-11(3)24-16/h4-8,10H,1-3H3,(H,17,18,21). The van der Waals surface area contributed by atoms with E-state index >= 15 is 0 Å². The molecule has 124 valence electrons. The molecule has 1 unspecified atom stereocenters. The van der Waals surface area contributed by atoms with E-state index in [1.165, 1.54) is 40.0 Å². The number of nitrogens with one attached hydrogen (secondary N) is 1. The van der Waals surface area contributed by atoms with Gasteiger partial charge in [-0.25, -0.2) is 4.98 Å². The van der Waals surface area contributed by atoms with Crippen molar-refractivity contribution in [1.82, 2.24) is 15.2 Å². The Hall–Kier alpha value is -1.77. The molecule has 0 aliphatic heterocycles. The molecule has 24 heavy (non-hydrogen) atoms. The summed E-state index contributed by atoms with van der Waals surface area (Å²) in [6, 6.07) is 8.17. The number of aryl methyl sites for hydroxylation is 2. The predicted molar refractivity (Wildman–Crippen MR) is 101 cm³/mol. The van der Waals surface area contributed by atoms with E-state index in [0.29, 0.717) is 5.13 Å². The first kappa shape index (κ1) is 17.1. The molecule has 3 rings (SSSR count). The number of anilines is 1. The van der Waals surface area contributed by atoms with Crippen molar-refractivity contribution in [1.29, 1.82) is 0 Å². The number of carbonyl (C=O) groups is 1. The van der Waals surface area contributed by atoms with Crippen molar-refractivity contribution in [2.45, 2.75) is 30.4 Å². The molecular formula is C16H16N4OS3. The fourth-order valence-electron chi connectivity index (χ4n) is 1.93. The number of thioether (sulfide) groups is 1. The summed E-state index contributed by atoms with van der Waals surface area (Å²) in [4.78, 5) is 16.8. The van der Waals surface area contributed by atoms with Gasteiger partial charge in [0.05, 0.1) is 10.9 Å². The van der Waals surface area contributed by atoms with Crippen molar-refractivity contribution < 1.29 is 4.79 Å². The van der Waals surface area contributed by atoms with Crippen LogP contribution in [0.2, 0.25) is 0 Å². The predicted octanol–water partition coefficient (Wildman–Crippen LogP) is 4.40. The van der Waals surface area contributed by atoms with Crippen LogP contribution in [0.5, 0.6) is 0 Å². The molecule has 2 heterocycles.